The third-order valence-corrected chi connectivity index (χ3v) is 7.28. The van der Waals surface area contributed by atoms with Gasteiger partial charge < -0.3 is 19.4 Å². The Morgan fingerprint density at radius 1 is 1.23 bits per heavy atom. The van der Waals surface area contributed by atoms with Gasteiger partial charge in [0.2, 0.25) is 5.71 Å². The molecule has 7 heteroatoms. The van der Waals surface area contributed by atoms with Gasteiger partial charge in [-0.3, -0.25) is 4.79 Å². The zero-order valence-electron chi connectivity index (χ0n) is 18.0. The fourth-order valence-electron chi connectivity index (χ4n) is 5.25. The number of carbonyl (C=O) groups excluding carboxylic acids is 1. The summed E-state index contributed by atoms with van der Waals surface area (Å²) in [4.78, 5) is 24.3. The lowest BCUT2D eigenvalue weighted by Crippen LogP contribution is -2.31. The molecule has 3 atom stereocenters. The second kappa shape index (κ2) is 6.45. The van der Waals surface area contributed by atoms with Crippen molar-refractivity contribution in [2.75, 3.05) is 25.5 Å². The number of nitrogens with one attached hydrogen (secondary N) is 1. The van der Waals surface area contributed by atoms with Crippen molar-refractivity contribution in [1.29, 1.82) is 0 Å². The molecule has 3 fully saturated rings. The number of nitrogens with zero attached hydrogens (tertiary/aromatic N) is 3. The van der Waals surface area contributed by atoms with E-state index in [9.17, 15) is 4.79 Å². The number of carbonyl (C=O) groups is 1. The maximum atomic E-state index is 13.6. The average molecular weight is 418 g/mol. The molecule has 160 valence electrons. The van der Waals surface area contributed by atoms with Crippen molar-refractivity contribution < 1.29 is 13.9 Å². The van der Waals surface area contributed by atoms with Crippen LogP contribution >= 0.6 is 0 Å². The molecule has 31 heavy (non-hydrogen) atoms. The van der Waals surface area contributed by atoms with Gasteiger partial charge in [0.05, 0.1) is 18.1 Å². The third-order valence-electron chi connectivity index (χ3n) is 7.28. The first-order valence-electron chi connectivity index (χ1n) is 10.9. The maximum Gasteiger partial charge on any atom is 0.258 e. The van der Waals surface area contributed by atoms with Crippen molar-refractivity contribution in [3.8, 4) is 5.75 Å². The lowest BCUT2D eigenvalue weighted by atomic mass is 10.0. The minimum Gasteiger partial charge on any atom is -0.496 e. The lowest BCUT2D eigenvalue weighted by molar-refractivity contribution is 0.0772. The largest absolute Gasteiger partial charge is 0.496 e. The van der Waals surface area contributed by atoms with Gasteiger partial charge >= 0.3 is 0 Å². The van der Waals surface area contributed by atoms with Crippen LogP contribution in [0, 0.1) is 18.8 Å². The Hall–Kier alpha value is -3.09. The summed E-state index contributed by atoms with van der Waals surface area (Å²) in [6.07, 6.45) is 3.69. The fourth-order valence-corrected chi connectivity index (χ4v) is 5.25. The lowest BCUT2D eigenvalue weighted by Gasteiger charge is -2.21. The number of fused-ring (bicyclic) bond motifs is 2. The number of methoxy groups -OCH3 is 1. The SMILES string of the molecule is COc1ccccc1[C@@H]1[C@@H]2CN(C(=O)c3c(C)oc4ncnc(NC5(C)CC5)c34)C[C@@H]21. The van der Waals surface area contributed by atoms with Gasteiger partial charge in [0.1, 0.15) is 23.7 Å². The van der Waals surface area contributed by atoms with Crippen LogP contribution in [0.4, 0.5) is 5.82 Å². The summed E-state index contributed by atoms with van der Waals surface area (Å²) in [5, 5.41) is 4.21. The van der Waals surface area contributed by atoms with Gasteiger partial charge in [-0.25, -0.2) is 9.97 Å². The molecule has 0 unspecified atom stereocenters. The number of ether oxygens (including phenoxy) is 1. The Balaban J connectivity index is 1.27. The van der Waals surface area contributed by atoms with Crippen molar-refractivity contribution in [2.45, 2.75) is 38.1 Å². The molecule has 2 aliphatic carbocycles. The first-order valence-corrected chi connectivity index (χ1v) is 10.9. The van der Waals surface area contributed by atoms with Crippen molar-refractivity contribution in [2.24, 2.45) is 11.8 Å². The highest BCUT2D eigenvalue weighted by atomic mass is 16.5. The summed E-state index contributed by atoms with van der Waals surface area (Å²) in [7, 11) is 1.72. The summed E-state index contributed by atoms with van der Waals surface area (Å²) in [6, 6.07) is 8.22. The number of aryl methyl sites for hydroxylation is 1. The molecule has 1 N–H and O–H groups in total. The predicted molar refractivity (Wildman–Crippen MR) is 116 cm³/mol. The molecule has 7 nitrogen and oxygen atoms in total. The van der Waals surface area contributed by atoms with Crippen molar-refractivity contribution >= 4 is 22.8 Å². The van der Waals surface area contributed by atoms with E-state index in [0.29, 0.717) is 46.0 Å². The van der Waals surface area contributed by atoms with Crippen molar-refractivity contribution in [3.05, 3.63) is 47.5 Å². The van der Waals surface area contributed by atoms with Crippen LogP contribution in [0.3, 0.4) is 0 Å². The molecule has 1 amide bonds. The molecular formula is C24H26N4O3. The number of aromatic nitrogens is 2. The molecular weight excluding hydrogens is 392 g/mol. The molecule has 1 saturated heterocycles. The second-order valence-electron chi connectivity index (χ2n) is 9.43. The summed E-state index contributed by atoms with van der Waals surface area (Å²) < 4.78 is 11.4. The minimum absolute atomic E-state index is 0.0148. The van der Waals surface area contributed by atoms with Gasteiger partial charge in [0, 0.05) is 18.6 Å². The molecule has 2 saturated carbocycles. The standard InChI is InChI=1S/C24H26N4O3/c1-13-18(20-21(27-24(2)8-9-24)25-12-26-22(20)31-13)23(29)28-10-15-16(11-28)19(15)14-6-4-5-7-17(14)30-3/h4-7,12,15-16,19H,8-11H2,1-3H3,(H,25,26,27)/t15-,16+,19-. The van der Waals surface area contributed by atoms with Crippen LogP contribution in [0.25, 0.3) is 11.1 Å². The number of piperidine rings is 1. The van der Waals surface area contributed by atoms with E-state index in [2.05, 4.69) is 34.3 Å². The minimum atomic E-state index is 0.0148. The van der Waals surface area contributed by atoms with Crippen LogP contribution in [0.15, 0.2) is 35.0 Å². The summed E-state index contributed by atoms with van der Waals surface area (Å²) in [5.41, 5.74) is 2.37. The van der Waals surface area contributed by atoms with Crippen LogP contribution in [0.1, 0.15) is 47.4 Å². The molecule has 3 aromatic rings. The topological polar surface area (TPSA) is 80.5 Å². The van der Waals surface area contributed by atoms with Gasteiger partial charge in [-0.1, -0.05) is 18.2 Å². The van der Waals surface area contributed by atoms with Crippen LogP contribution in [-0.4, -0.2) is 46.5 Å². The molecule has 1 aliphatic heterocycles. The van der Waals surface area contributed by atoms with E-state index in [4.69, 9.17) is 9.15 Å². The van der Waals surface area contributed by atoms with Gasteiger partial charge in [-0.2, -0.15) is 0 Å². The quantitative estimate of drug-likeness (QED) is 0.675. The van der Waals surface area contributed by atoms with E-state index in [1.807, 2.05) is 24.0 Å². The molecule has 0 bridgehead atoms. The number of likely N-dealkylation sites (tertiary alicyclic amines) is 1. The number of anilines is 1. The number of rotatable bonds is 5. The van der Waals surface area contributed by atoms with Gasteiger partial charge in [-0.05, 0) is 56.1 Å². The van der Waals surface area contributed by atoms with Crippen molar-refractivity contribution in [3.63, 3.8) is 0 Å². The number of benzene rings is 1. The molecule has 3 heterocycles. The molecule has 1 aromatic carbocycles. The molecule has 0 radical (unpaired) electrons. The highest BCUT2D eigenvalue weighted by molar-refractivity contribution is 6.10. The molecule has 0 spiro atoms. The first-order chi connectivity index (χ1) is 15.0. The Morgan fingerprint density at radius 3 is 2.68 bits per heavy atom. The van der Waals surface area contributed by atoms with E-state index in [1.165, 1.54) is 11.9 Å². The molecule has 2 aromatic heterocycles. The summed E-state index contributed by atoms with van der Waals surface area (Å²) >= 11 is 0. The van der Waals surface area contributed by atoms with Crippen molar-refractivity contribution in [1.82, 2.24) is 14.9 Å². The van der Waals surface area contributed by atoms with E-state index < -0.39 is 0 Å². The number of hydrogen-bond acceptors (Lipinski definition) is 6. The smallest absolute Gasteiger partial charge is 0.258 e. The Morgan fingerprint density at radius 2 is 1.97 bits per heavy atom. The Kier molecular flexibility index (Phi) is 3.88. The van der Waals surface area contributed by atoms with E-state index >= 15 is 0 Å². The first kappa shape index (κ1) is 18.7. The number of para-hydroxylation sites is 1. The van der Waals surface area contributed by atoms with Gasteiger partial charge in [0.15, 0.2) is 0 Å². The van der Waals surface area contributed by atoms with Gasteiger partial charge in [-0.15, -0.1) is 0 Å². The summed E-state index contributed by atoms with van der Waals surface area (Å²) in [6.45, 7) is 5.52. The predicted octanol–water partition coefficient (Wildman–Crippen LogP) is 3.99. The molecule has 6 rings (SSSR count). The normalized spacial score (nSPS) is 25.4. The Bertz CT molecular complexity index is 1190. The zero-order valence-corrected chi connectivity index (χ0v) is 18.0. The third kappa shape index (κ3) is 2.90. The highest BCUT2D eigenvalue weighted by Gasteiger charge is 2.58. The number of hydrogen-bond donors (Lipinski definition) is 1. The van der Waals surface area contributed by atoms with E-state index in [1.54, 1.807) is 7.11 Å². The second-order valence-corrected chi connectivity index (χ2v) is 9.43. The van der Waals surface area contributed by atoms with Gasteiger partial charge in [0.25, 0.3) is 5.91 Å². The zero-order chi connectivity index (χ0) is 21.3. The van der Waals surface area contributed by atoms with Crippen LogP contribution in [-0.2, 0) is 0 Å². The van der Waals surface area contributed by atoms with E-state index in [0.717, 1.165) is 31.7 Å². The maximum absolute atomic E-state index is 13.6. The van der Waals surface area contributed by atoms with Crippen LogP contribution in [0.5, 0.6) is 5.75 Å². The number of furan rings is 1. The van der Waals surface area contributed by atoms with E-state index in [-0.39, 0.29) is 11.4 Å². The Labute approximate surface area is 180 Å². The van der Waals surface area contributed by atoms with Crippen LogP contribution in [0.2, 0.25) is 0 Å². The fraction of sp³-hybridized carbons (Fsp3) is 0.458. The highest BCUT2D eigenvalue weighted by Crippen LogP contribution is 2.60. The molecule has 3 aliphatic rings. The summed E-state index contributed by atoms with van der Waals surface area (Å²) in [5.74, 6) is 3.69. The van der Waals surface area contributed by atoms with Crippen LogP contribution < -0.4 is 10.1 Å². The number of amides is 1. The average Bonchev–Trinajstić information content (AvgIpc) is 3.55. The monoisotopic (exact) mass is 418 g/mol.